The summed E-state index contributed by atoms with van der Waals surface area (Å²) in [5.74, 6) is 0.508. The van der Waals surface area contributed by atoms with E-state index >= 15 is 0 Å². The van der Waals surface area contributed by atoms with Gasteiger partial charge in [0.05, 0.1) is 36.1 Å². The number of hydrogen-bond acceptors (Lipinski definition) is 7. The highest BCUT2D eigenvalue weighted by Gasteiger charge is 2.12. The highest BCUT2D eigenvalue weighted by atomic mass is 16.5. The quantitative estimate of drug-likeness (QED) is 0.593. The molecule has 0 atom stereocenters. The zero-order valence-electron chi connectivity index (χ0n) is 14.3. The van der Waals surface area contributed by atoms with Gasteiger partial charge < -0.3 is 10.1 Å². The van der Waals surface area contributed by atoms with E-state index in [-0.39, 0.29) is 0 Å². The molecule has 0 saturated carbocycles. The minimum Gasteiger partial charge on any atom is -0.383 e. The smallest absolute Gasteiger partial charge is 0.229 e. The van der Waals surface area contributed by atoms with E-state index in [9.17, 15) is 0 Å². The highest BCUT2D eigenvalue weighted by molar-refractivity contribution is 5.78. The van der Waals surface area contributed by atoms with Crippen molar-refractivity contribution in [3.63, 3.8) is 0 Å². The molecule has 4 aromatic rings. The number of nitrogens with one attached hydrogen (secondary N) is 1. The first-order valence-corrected chi connectivity index (χ1v) is 7.92. The van der Waals surface area contributed by atoms with E-state index < -0.39 is 0 Å². The Morgan fingerprint density at radius 1 is 1.24 bits per heavy atom. The zero-order valence-corrected chi connectivity index (χ0v) is 14.3. The number of aromatic nitrogens is 7. The van der Waals surface area contributed by atoms with Crippen LogP contribution in [0.15, 0.2) is 24.8 Å². The Balaban J connectivity index is 1.71. The van der Waals surface area contributed by atoms with Crippen molar-refractivity contribution in [2.45, 2.75) is 20.4 Å². The van der Waals surface area contributed by atoms with Crippen molar-refractivity contribution in [1.29, 1.82) is 0 Å². The molecule has 128 valence electrons. The molecule has 0 spiro atoms. The molecule has 0 aliphatic heterocycles. The van der Waals surface area contributed by atoms with Gasteiger partial charge in [0, 0.05) is 13.3 Å². The topological polar surface area (TPSA) is 95.0 Å². The summed E-state index contributed by atoms with van der Waals surface area (Å²) in [6.07, 6.45) is 5.19. The van der Waals surface area contributed by atoms with Gasteiger partial charge in [0.25, 0.3) is 0 Å². The Bertz CT molecular complexity index is 1050. The molecular formula is C16H18N8O. The van der Waals surface area contributed by atoms with Gasteiger partial charge in [0.2, 0.25) is 5.95 Å². The zero-order chi connectivity index (χ0) is 17.4. The molecule has 0 saturated heterocycles. The van der Waals surface area contributed by atoms with Crippen LogP contribution >= 0.6 is 0 Å². The van der Waals surface area contributed by atoms with Gasteiger partial charge >= 0.3 is 0 Å². The average molecular weight is 338 g/mol. The average Bonchev–Trinajstić information content (AvgIpc) is 3.17. The van der Waals surface area contributed by atoms with Crippen LogP contribution in [0.1, 0.15) is 11.3 Å². The number of nitrogens with zero attached hydrogens (tertiary/aromatic N) is 7. The second-order valence-corrected chi connectivity index (χ2v) is 5.79. The van der Waals surface area contributed by atoms with Gasteiger partial charge in [-0.25, -0.2) is 19.2 Å². The fraction of sp³-hybridized carbons (Fsp3) is 0.312. The van der Waals surface area contributed by atoms with E-state index in [0.717, 1.165) is 33.6 Å². The van der Waals surface area contributed by atoms with Crippen LogP contribution in [0.5, 0.6) is 0 Å². The first kappa shape index (κ1) is 15.5. The Labute approximate surface area is 143 Å². The van der Waals surface area contributed by atoms with Crippen LogP contribution in [0.4, 0.5) is 11.6 Å². The fourth-order valence-electron chi connectivity index (χ4n) is 2.71. The lowest BCUT2D eigenvalue weighted by Crippen LogP contribution is -2.07. The molecule has 0 fully saturated rings. The molecule has 4 heterocycles. The Morgan fingerprint density at radius 3 is 2.96 bits per heavy atom. The maximum atomic E-state index is 5.14. The molecule has 0 aliphatic rings. The Morgan fingerprint density at radius 2 is 2.12 bits per heavy atom. The number of pyridine rings is 1. The van der Waals surface area contributed by atoms with Crippen LogP contribution in [0.25, 0.3) is 16.7 Å². The molecule has 0 radical (unpaired) electrons. The number of methoxy groups -OCH3 is 1. The van der Waals surface area contributed by atoms with E-state index in [1.165, 1.54) is 6.33 Å². The SMILES string of the molecule is COCCn1nc(C)c2cnc(Nc3cn4ncnc4cc3C)nc21. The number of rotatable bonds is 5. The van der Waals surface area contributed by atoms with E-state index in [1.807, 2.05) is 30.8 Å². The first-order chi connectivity index (χ1) is 12.2. The standard InChI is InChI=1S/C16H18N8O/c1-10-6-14-18-9-19-24(14)8-13(10)20-16-17-7-12-11(2)22-23(4-5-25-3)15(12)21-16/h6-9H,4-5H2,1-3H3,(H,17,20,21). The summed E-state index contributed by atoms with van der Waals surface area (Å²) in [4.78, 5) is 13.2. The van der Waals surface area contributed by atoms with Crippen molar-refractivity contribution in [1.82, 2.24) is 34.3 Å². The molecular weight excluding hydrogens is 320 g/mol. The summed E-state index contributed by atoms with van der Waals surface area (Å²) in [5, 5.41) is 12.9. The molecule has 1 N–H and O–H groups in total. The summed E-state index contributed by atoms with van der Waals surface area (Å²) in [6, 6.07) is 1.96. The van der Waals surface area contributed by atoms with Crippen LogP contribution in [0.2, 0.25) is 0 Å². The molecule has 4 rings (SSSR count). The third-order valence-corrected chi connectivity index (χ3v) is 4.05. The molecule has 9 heteroatoms. The van der Waals surface area contributed by atoms with Crippen molar-refractivity contribution in [2.75, 3.05) is 19.0 Å². The van der Waals surface area contributed by atoms with Crippen molar-refractivity contribution < 1.29 is 4.74 Å². The van der Waals surface area contributed by atoms with Crippen LogP contribution in [-0.2, 0) is 11.3 Å². The lowest BCUT2D eigenvalue weighted by atomic mass is 10.2. The summed E-state index contributed by atoms with van der Waals surface area (Å²) >= 11 is 0. The second kappa shape index (κ2) is 6.10. The number of ether oxygens (including phenoxy) is 1. The van der Waals surface area contributed by atoms with Gasteiger partial charge in [0.15, 0.2) is 11.3 Å². The molecule has 9 nitrogen and oxygen atoms in total. The summed E-state index contributed by atoms with van der Waals surface area (Å²) < 4.78 is 8.69. The van der Waals surface area contributed by atoms with Gasteiger partial charge in [-0.2, -0.15) is 15.2 Å². The molecule has 0 unspecified atom stereocenters. The summed E-state index contributed by atoms with van der Waals surface area (Å²) in [6.45, 7) is 5.17. The summed E-state index contributed by atoms with van der Waals surface area (Å²) in [7, 11) is 1.67. The van der Waals surface area contributed by atoms with E-state index in [4.69, 9.17) is 4.74 Å². The van der Waals surface area contributed by atoms with Gasteiger partial charge in [0.1, 0.15) is 6.33 Å². The Kier molecular flexibility index (Phi) is 3.77. The van der Waals surface area contributed by atoms with Crippen LogP contribution in [0.3, 0.4) is 0 Å². The third-order valence-electron chi connectivity index (χ3n) is 4.05. The van der Waals surface area contributed by atoms with Gasteiger partial charge in [-0.05, 0) is 25.5 Å². The van der Waals surface area contributed by atoms with Crippen LogP contribution < -0.4 is 5.32 Å². The minimum absolute atomic E-state index is 0.508. The lowest BCUT2D eigenvalue weighted by Gasteiger charge is -2.09. The second-order valence-electron chi connectivity index (χ2n) is 5.79. The van der Waals surface area contributed by atoms with Gasteiger partial charge in [-0.15, -0.1) is 0 Å². The summed E-state index contributed by atoms with van der Waals surface area (Å²) in [5.41, 5.74) is 4.39. The molecule has 25 heavy (non-hydrogen) atoms. The fourth-order valence-corrected chi connectivity index (χ4v) is 2.71. The monoisotopic (exact) mass is 338 g/mol. The first-order valence-electron chi connectivity index (χ1n) is 7.92. The van der Waals surface area contributed by atoms with E-state index in [1.54, 1.807) is 17.8 Å². The maximum Gasteiger partial charge on any atom is 0.229 e. The minimum atomic E-state index is 0.508. The van der Waals surface area contributed by atoms with Crippen molar-refractivity contribution in [3.05, 3.63) is 36.0 Å². The van der Waals surface area contributed by atoms with Crippen molar-refractivity contribution >= 4 is 28.3 Å². The number of hydrogen-bond donors (Lipinski definition) is 1. The predicted octanol–water partition coefficient (Wildman–Crippen LogP) is 1.88. The number of anilines is 2. The lowest BCUT2D eigenvalue weighted by molar-refractivity contribution is 0.184. The maximum absolute atomic E-state index is 5.14. The van der Waals surface area contributed by atoms with E-state index in [0.29, 0.717) is 19.1 Å². The normalized spacial score (nSPS) is 11.5. The van der Waals surface area contributed by atoms with Gasteiger partial charge in [-0.1, -0.05) is 0 Å². The van der Waals surface area contributed by atoms with E-state index in [2.05, 4.69) is 30.5 Å². The third kappa shape index (κ3) is 2.78. The molecule has 4 aromatic heterocycles. The predicted molar refractivity (Wildman–Crippen MR) is 92.9 cm³/mol. The van der Waals surface area contributed by atoms with Gasteiger partial charge in [-0.3, -0.25) is 0 Å². The van der Waals surface area contributed by atoms with Crippen molar-refractivity contribution in [3.8, 4) is 0 Å². The number of fused-ring (bicyclic) bond motifs is 2. The van der Waals surface area contributed by atoms with Crippen molar-refractivity contribution in [2.24, 2.45) is 0 Å². The van der Waals surface area contributed by atoms with Crippen LogP contribution in [-0.4, -0.2) is 48.1 Å². The molecule has 0 aliphatic carbocycles. The largest absolute Gasteiger partial charge is 0.383 e. The number of aryl methyl sites for hydroxylation is 2. The Hall–Kier alpha value is -3.07. The molecule has 0 aromatic carbocycles. The molecule has 0 bridgehead atoms. The highest BCUT2D eigenvalue weighted by Crippen LogP contribution is 2.21. The molecule has 0 amide bonds. The van der Waals surface area contributed by atoms with Crippen LogP contribution in [0, 0.1) is 13.8 Å².